The number of aromatic nitrogens is 4. The monoisotopic (exact) mass is 268 g/mol. The second-order valence-electron chi connectivity index (χ2n) is 3.40. The molecule has 0 aromatic carbocycles. The van der Waals surface area contributed by atoms with Crippen molar-refractivity contribution in [2.75, 3.05) is 11.9 Å². The SMILES string of the molecule is CC(=O)NCC(=O)Nc1nc(Cl)c2[nH]cnc2n1. The minimum Gasteiger partial charge on any atom is -0.347 e. The standard InChI is InChI=1S/C9H9ClN6O2/c1-4(17)11-2-5(18)14-9-15-7(10)6-8(16-9)13-3-12-6/h3H,2H2,1H3,(H,11,17)(H2,12,13,14,15,16,18). The number of rotatable bonds is 3. The second kappa shape index (κ2) is 4.96. The van der Waals surface area contributed by atoms with E-state index in [2.05, 4.69) is 30.6 Å². The van der Waals surface area contributed by atoms with Crippen LogP contribution in [0.1, 0.15) is 6.92 Å². The molecule has 0 radical (unpaired) electrons. The molecule has 0 aliphatic carbocycles. The van der Waals surface area contributed by atoms with Crippen molar-refractivity contribution in [3.63, 3.8) is 0 Å². The summed E-state index contributed by atoms with van der Waals surface area (Å²) in [5.74, 6) is -0.710. The van der Waals surface area contributed by atoms with Crippen molar-refractivity contribution in [2.24, 2.45) is 0 Å². The zero-order valence-corrected chi connectivity index (χ0v) is 10.1. The highest BCUT2D eigenvalue weighted by atomic mass is 35.5. The lowest BCUT2D eigenvalue weighted by Crippen LogP contribution is -2.31. The van der Waals surface area contributed by atoms with Gasteiger partial charge in [-0.3, -0.25) is 14.9 Å². The fourth-order valence-corrected chi connectivity index (χ4v) is 1.45. The molecule has 2 rings (SSSR count). The number of amides is 2. The van der Waals surface area contributed by atoms with Crippen molar-refractivity contribution >= 4 is 40.5 Å². The molecule has 2 amide bonds. The summed E-state index contributed by atoms with van der Waals surface area (Å²) >= 11 is 5.87. The molecule has 0 saturated carbocycles. The Morgan fingerprint density at radius 1 is 1.44 bits per heavy atom. The summed E-state index contributed by atoms with van der Waals surface area (Å²) in [6.45, 7) is 1.16. The normalized spacial score (nSPS) is 10.3. The van der Waals surface area contributed by atoms with Crippen LogP contribution in [0.25, 0.3) is 11.2 Å². The van der Waals surface area contributed by atoms with Crippen molar-refractivity contribution in [1.82, 2.24) is 25.3 Å². The van der Waals surface area contributed by atoms with Gasteiger partial charge in [0.15, 0.2) is 10.8 Å². The van der Waals surface area contributed by atoms with E-state index < -0.39 is 5.91 Å². The molecule has 0 atom stereocenters. The molecule has 0 saturated heterocycles. The van der Waals surface area contributed by atoms with Crippen LogP contribution in [0.2, 0.25) is 5.15 Å². The van der Waals surface area contributed by atoms with E-state index in [1.807, 2.05) is 0 Å². The number of carbonyl (C=O) groups excluding carboxylic acids is 2. The van der Waals surface area contributed by atoms with Crippen LogP contribution in [-0.2, 0) is 9.59 Å². The van der Waals surface area contributed by atoms with Gasteiger partial charge in [0.2, 0.25) is 17.8 Å². The molecule has 94 valence electrons. The molecule has 2 aromatic heterocycles. The Morgan fingerprint density at radius 2 is 2.22 bits per heavy atom. The van der Waals surface area contributed by atoms with Crippen LogP contribution < -0.4 is 10.6 Å². The summed E-state index contributed by atoms with van der Waals surface area (Å²) < 4.78 is 0. The van der Waals surface area contributed by atoms with Crippen LogP contribution in [0, 0.1) is 0 Å². The zero-order chi connectivity index (χ0) is 13.1. The fraction of sp³-hybridized carbons (Fsp3) is 0.222. The first-order valence-corrected chi connectivity index (χ1v) is 5.35. The Kier molecular flexibility index (Phi) is 3.38. The minimum absolute atomic E-state index is 0.0370. The van der Waals surface area contributed by atoms with Crippen LogP contribution in [-0.4, -0.2) is 38.3 Å². The van der Waals surface area contributed by atoms with Crippen LogP contribution in [0.4, 0.5) is 5.95 Å². The topological polar surface area (TPSA) is 113 Å². The number of imidazole rings is 1. The highest BCUT2D eigenvalue weighted by molar-refractivity contribution is 6.33. The predicted molar refractivity (Wildman–Crippen MR) is 64.0 cm³/mol. The van der Waals surface area contributed by atoms with Crippen molar-refractivity contribution in [1.29, 1.82) is 0 Å². The van der Waals surface area contributed by atoms with E-state index >= 15 is 0 Å². The number of carbonyl (C=O) groups is 2. The minimum atomic E-state index is -0.448. The van der Waals surface area contributed by atoms with E-state index in [1.54, 1.807) is 0 Å². The fourth-order valence-electron chi connectivity index (χ4n) is 1.23. The summed E-state index contributed by atoms with van der Waals surface area (Å²) in [7, 11) is 0. The van der Waals surface area contributed by atoms with Gasteiger partial charge in [-0.1, -0.05) is 11.6 Å². The van der Waals surface area contributed by atoms with Crippen molar-refractivity contribution in [3.8, 4) is 0 Å². The van der Waals surface area contributed by atoms with E-state index in [4.69, 9.17) is 11.6 Å². The molecular formula is C9H9ClN6O2. The van der Waals surface area contributed by atoms with Gasteiger partial charge < -0.3 is 10.3 Å². The molecule has 0 unspecified atom stereocenters. The summed E-state index contributed by atoms with van der Waals surface area (Å²) in [5, 5.41) is 4.92. The number of aromatic amines is 1. The van der Waals surface area contributed by atoms with Gasteiger partial charge >= 0.3 is 0 Å². The lowest BCUT2D eigenvalue weighted by molar-refractivity contribution is -0.122. The highest BCUT2D eigenvalue weighted by Gasteiger charge is 2.10. The average Bonchev–Trinajstić information content (AvgIpc) is 2.75. The third-order valence-electron chi connectivity index (χ3n) is 1.99. The number of H-pyrrole nitrogens is 1. The molecule has 8 nitrogen and oxygen atoms in total. The van der Waals surface area contributed by atoms with E-state index in [-0.39, 0.29) is 23.6 Å². The summed E-state index contributed by atoms with van der Waals surface area (Å²) in [5.41, 5.74) is 0.848. The first-order valence-electron chi connectivity index (χ1n) is 4.97. The first-order chi connectivity index (χ1) is 8.56. The quantitative estimate of drug-likeness (QED) is 0.683. The Labute approximate surface area is 106 Å². The molecule has 18 heavy (non-hydrogen) atoms. The molecule has 2 aromatic rings. The molecule has 0 bridgehead atoms. The zero-order valence-electron chi connectivity index (χ0n) is 9.32. The maximum Gasteiger partial charge on any atom is 0.246 e. The predicted octanol–water partition coefficient (Wildman–Crippen LogP) is 0.0809. The number of fused-ring (bicyclic) bond motifs is 1. The number of nitrogens with zero attached hydrogens (tertiary/aromatic N) is 3. The third kappa shape index (κ3) is 2.72. The number of nitrogens with one attached hydrogen (secondary N) is 3. The Morgan fingerprint density at radius 3 is 2.94 bits per heavy atom. The lowest BCUT2D eigenvalue weighted by Gasteiger charge is -2.04. The molecule has 3 N–H and O–H groups in total. The molecule has 0 aliphatic rings. The smallest absolute Gasteiger partial charge is 0.246 e. The maximum atomic E-state index is 11.4. The number of anilines is 1. The van der Waals surface area contributed by atoms with Gasteiger partial charge in [0.1, 0.15) is 5.52 Å². The molecule has 0 fully saturated rings. The van der Waals surface area contributed by atoms with Crippen LogP contribution in [0.15, 0.2) is 6.33 Å². The van der Waals surface area contributed by atoms with Gasteiger partial charge in [0.25, 0.3) is 0 Å². The van der Waals surface area contributed by atoms with Gasteiger partial charge in [-0.2, -0.15) is 9.97 Å². The van der Waals surface area contributed by atoms with E-state index in [0.717, 1.165) is 0 Å². The maximum absolute atomic E-state index is 11.4. The van der Waals surface area contributed by atoms with E-state index in [9.17, 15) is 9.59 Å². The summed E-state index contributed by atoms with van der Waals surface area (Å²) in [4.78, 5) is 36.6. The van der Waals surface area contributed by atoms with E-state index in [1.165, 1.54) is 13.3 Å². The van der Waals surface area contributed by atoms with E-state index in [0.29, 0.717) is 11.2 Å². The third-order valence-corrected chi connectivity index (χ3v) is 2.26. The largest absolute Gasteiger partial charge is 0.347 e. The molecule has 9 heteroatoms. The Balaban J connectivity index is 2.11. The van der Waals surface area contributed by atoms with Gasteiger partial charge in [0.05, 0.1) is 12.9 Å². The van der Waals surface area contributed by atoms with Crippen molar-refractivity contribution in [2.45, 2.75) is 6.92 Å². The van der Waals surface area contributed by atoms with Crippen LogP contribution in [0.5, 0.6) is 0 Å². The van der Waals surface area contributed by atoms with Crippen LogP contribution >= 0.6 is 11.6 Å². The molecule has 2 heterocycles. The Bertz CT molecular complexity index is 610. The van der Waals surface area contributed by atoms with Crippen molar-refractivity contribution < 1.29 is 9.59 Å². The molecule has 0 spiro atoms. The van der Waals surface area contributed by atoms with Crippen LogP contribution in [0.3, 0.4) is 0 Å². The van der Waals surface area contributed by atoms with Gasteiger partial charge in [-0.05, 0) is 0 Å². The first kappa shape index (κ1) is 12.2. The van der Waals surface area contributed by atoms with Gasteiger partial charge in [-0.25, -0.2) is 4.98 Å². The van der Waals surface area contributed by atoms with Gasteiger partial charge in [0, 0.05) is 6.92 Å². The summed E-state index contributed by atoms with van der Waals surface area (Å²) in [6, 6.07) is 0. The van der Waals surface area contributed by atoms with Gasteiger partial charge in [-0.15, -0.1) is 0 Å². The number of halogens is 1. The summed E-state index contributed by atoms with van der Waals surface area (Å²) in [6.07, 6.45) is 1.42. The van der Waals surface area contributed by atoms with Crippen molar-refractivity contribution in [3.05, 3.63) is 11.5 Å². The second-order valence-corrected chi connectivity index (χ2v) is 3.76. The Hall–Kier alpha value is -2.22. The number of hydrogen-bond acceptors (Lipinski definition) is 5. The molecular weight excluding hydrogens is 260 g/mol. The number of hydrogen-bond donors (Lipinski definition) is 3. The average molecular weight is 269 g/mol. The molecule has 0 aliphatic heterocycles. The lowest BCUT2D eigenvalue weighted by atomic mass is 10.5. The highest BCUT2D eigenvalue weighted by Crippen LogP contribution is 2.17.